The van der Waals surface area contributed by atoms with Crippen LogP contribution in [0.3, 0.4) is 0 Å². The minimum atomic E-state index is -0.560. The minimum Gasteiger partial charge on any atom is -0.421 e. The van der Waals surface area contributed by atoms with E-state index in [-0.39, 0.29) is 23.6 Å². The molecule has 0 spiro atoms. The highest BCUT2D eigenvalue weighted by atomic mass is 19.1. The molecule has 0 radical (unpaired) electrons. The van der Waals surface area contributed by atoms with E-state index < -0.39 is 5.82 Å². The third-order valence-corrected chi connectivity index (χ3v) is 9.94. The smallest absolute Gasteiger partial charge is 0.257 e. The maximum Gasteiger partial charge on any atom is 0.257 e. The number of fused-ring (bicyclic) bond motifs is 4. The van der Waals surface area contributed by atoms with Gasteiger partial charge in [0.25, 0.3) is 5.91 Å². The number of carbonyl (C=O) groups is 1. The third-order valence-electron chi connectivity index (χ3n) is 9.94. The Hall–Kier alpha value is -4.99. The number of carbonyl (C=O) groups excluding carboxylic acids is 1. The van der Waals surface area contributed by atoms with Crippen molar-refractivity contribution in [3.63, 3.8) is 0 Å². The molecule has 0 N–H and O–H groups in total. The number of morpholine rings is 1. The van der Waals surface area contributed by atoms with E-state index in [2.05, 4.69) is 15.3 Å². The standard InChI is InChI=1S/C36H34FN7O4/c1-20(23-4-5-25(17-38)27(37)16-23)44-29-8-6-24(15-26(29)18-39-44)31-32(35-42-41-21(2)48-35)28(7-3-22-9-12-46-13-10-22)40-34-30-19-47-14-11-43(30)36(45)33(31)34/h4-6,8,15-16,18,20,22,30H,3,7,9-14,19H2,1-2H3/t20-,30?/m0/s1. The van der Waals surface area contributed by atoms with Crippen LogP contribution in [0.1, 0.15) is 77.0 Å². The Balaban J connectivity index is 1.28. The van der Waals surface area contributed by atoms with Gasteiger partial charge in [0.05, 0.1) is 65.1 Å². The van der Waals surface area contributed by atoms with Crippen molar-refractivity contribution >= 4 is 16.8 Å². The molecule has 12 heteroatoms. The van der Waals surface area contributed by atoms with Gasteiger partial charge in [-0.2, -0.15) is 10.4 Å². The highest BCUT2D eigenvalue weighted by Crippen LogP contribution is 2.46. The number of aryl methyl sites for hydroxylation is 2. The molecule has 1 amide bonds. The molecule has 5 aromatic rings. The zero-order valence-electron chi connectivity index (χ0n) is 26.8. The van der Waals surface area contributed by atoms with Crippen LogP contribution in [-0.4, -0.2) is 68.7 Å². The summed E-state index contributed by atoms with van der Waals surface area (Å²) in [5.74, 6) is 0.630. The number of hydrogen-bond donors (Lipinski definition) is 0. The second-order valence-corrected chi connectivity index (χ2v) is 12.8. The number of amides is 1. The van der Waals surface area contributed by atoms with Crippen LogP contribution in [0.2, 0.25) is 0 Å². The van der Waals surface area contributed by atoms with E-state index in [1.807, 2.05) is 40.8 Å². The molecule has 244 valence electrons. The largest absolute Gasteiger partial charge is 0.421 e. The molecule has 8 rings (SSSR count). The van der Waals surface area contributed by atoms with Crippen molar-refractivity contribution < 1.29 is 23.1 Å². The molecule has 0 saturated carbocycles. The summed E-state index contributed by atoms with van der Waals surface area (Å²) in [6, 6.07) is 11.9. The zero-order chi connectivity index (χ0) is 32.9. The fourth-order valence-electron chi connectivity index (χ4n) is 7.34. The molecular formula is C36H34FN7O4. The number of rotatable bonds is 7. The molecule has 3 aromatic heterocycles. The average Bonchev–Trinajstić information content (AvgIpc) is 3.82. The third kappa shape index (κ3) is 5.14. The fourth-order valence-corrected chi connectivity index (χ4v) is 7.34. The number of ether oxygens (including phenoxy) is 2. The van der Waals surface area contributed by atoms with Crippen molar-refractivity contribution in [1.29, 1.82) is 5.26 Å². The van der Waals surface area contributed by atoms with Crippen LogP contribution in [-0.2, 0) is 15.9 Å². The van der Waals surface area contributed by atoms with Gasteiger partial charge in [0, 0.05) is 37.6 Å². The maximum atomic E-state index is 14.5. The van der Waals surface area contributed by atoms with E-state index in [1.54, 1.807) is 19.2 Å². The lowest BCUT2D eigenvalue weighted by Crippen LogP contribution is -2.38. The molecule has 0 bridgehead atoms. The predicted octanol–water partition coefficient (Wildman–Crippen LogP) is 5.96. The second kappa shape index (κ2) is 12.2. The van der Waals surface area contributed by atoms with Gasteiger partial charge >= 0.3 is 0 Å². The Kier molecular flexibility index (Phi) is 7.73. The molecule has 0 aliphatic carbocycles. The monoisotopic (exact) mass is 647 g/mol. The number of benzene rings is 2. The van der Waals surface area contributed by atoms with E-state index in [1.165, 1.54) is 12.1 Å². The molecule has 3 aliphatic rings. The molecule has 1 unspecified atom stereocenters. The lowest BCUT2D eigenvalue weighted by molar-refractivity contribution is 0.00352. The van der Waals surface area contributed by atoms with Crippen LogP contribution in [0.15, 0.2) is 47.0 Å². The van der Waals surface area contributed by atoms with Gasteiger partial charge in [-0.3, -0.25) is 14.5 Å². The quantitative estimate of drug-likeness (QED) is 0.210. The number of nitriles is 1. The summed E-state index contributed by atoms with van der Waals surface area (Å²) < 4.78 is 33.9. The zero-order valence-corrected chi connectivity index (χ0v) is 26.8. The first-order valence-electron chi connectivity index (χ1n) is 16.4. The Morgan fingerprint density at radius 2 is 1.92 bits per heavy atom. The van der Waals surface area contributed by atoms with Gasteiger partial charge in [0.2, 0.25) is 11.8 Å². The van der Waals surface area contributed by atoms with Crippen molar-refractivity contribution in [2.75, 3.05) is 33.0 Å². The van der Waals surface area contributed by atoms with Crippen molar-refractivity contribution in [1.82, 2.24) is 29.9 Å². The van der Waals surface area contributed by atoms with Gasteiger partial charge in [-0.15, -0.1) is 10.2 Å². The first-order valence-corrected chi connectivity index (χ1v) is 16.4. The van der Waals surface area contributed by atoms with E-state index in [0.717, 1.165) is 65.9 Å². The van der Waals surface area contributed by atoms with Crippen LogP contribution in [0.25, 0.3) is 33.5 Å². The molecule has 11 nitrogen and oxygen atoms in total. The fraction of sp³-hybridized carbons (Fsp3) is 0.389. The summed E-state index contributed by atoms with van der Waals surface area (Å²) >= 11 is 0. The molecule has 2 fully saturated rings. The first kappa shape index (κ1) is 30.4. The van der Waals surface area contributed by atoms with Crippen LogP contribution in [0.4, 0.5) is 4.39 Å². The van der Waals surface area contributed by atoms with Crippen LogP contribution >= 0.6 is 0 Å². The van der Waals surface area contributed by atoms with Crippen molar-refractivity contribution in [2.24, 2.45) is 5.92 Å². The van der Waals surface area contributed by atoms with E-state index in [4.69, 9.17) is 24.1 Å². The number of pyridine rings is 1. The van der Waals surface area contributed by atoms with Gasteiger partial charge < -0.3 is 18.8 Å². The molecule has 2 atom stereocenters. The minimum absolute atomic E-state index is 0.00227. The molecule has 6 heterocycles. The van der Waals surface area contributed by atoms with Gasteiger partial charge in [0.1, 0.15) is 11.9 Å². The summed E-state index contributed by atoms with van der Waals surface area (Å²) in [6.45, 7) is 6.58. The predicted molar refractivity (Wildman–Crippen MR) is 172 cm³/mol. The Bertz CT molecular complexity index is 2090. The van der Waals surface area contributed by atoms with E-state index in [9.17, 15) is 9.18 Å². The average molecular weight is 648 g/mol. The maximum absolute atomic E-state index is 14.5. The summed E-state index contributed by atoms with van der Waals surface area (Å²) in [4.78, 5) is 21.3. The molecule has 48 heavy (non-hydrogen) atoms. The van der Waals surface area contributed by atoms with Gasteiger partial charge in [0.15, 0.2) is 0 Å². The molecule has 2 saturated heterocycles. The van der Waals surface area contributed by atoms with E-state index in [0.29, 0.717) is 60.6 Å². The summed E-state index contributed by atoms with van der Waals surface area (Å²) in [5, 5.41) is 23.3. The molecule has 2 aromatic carbocycles. The topological polar surface area (TPSA) is 132 Å². The SMILES string of the molecule is Cc1nnc(-c2c(CCC3CCOCC3)nc3c(c2-c2ccc4c(cnn4[C@@H](C)c4ccc(C#N)c(F)c4)c2)C(=O)N2CCOCC32)o1. The van der Waals surface area contributed by atoms with Crippen molar-refractivity contribution in [3.8, 4) is 28.7 Å². The Morgan fingerprint density at radius 1 is 1.06 bits per heavy atom. The van der Waals surface area contributed by atoms with Crippen LogP contribution < -0.4 is 0 Å². The van der Waals surface area contributed by atoms with Crippen molar-refractivity contribution in [3.05, 3.63) is 82.4 Å². The van der Waals surface area contributed by atoms with E-state index >= 15 is 0 Å². The van der Waals surface area contributed by atoms with Crippen LogP contribution in [0.5, 0.6) is 0 Å². The number of aromatic nitrogens is 5. The van der Waals surface area contributed by atoms with Crippen LogP contribution in [0, 0.1) is 30.0 Å². The number of hydrogen-bond acceptors (Lipinski definition) is 9. The second-order valence-electron chi connectivity index (χ2n) is 12.8. The first-order chi connectivity index (χ1) is 23.4. The summed E-state index contributed by atoms with van der Waals surface area (Å²) in [5.41, 5.74) is 5.85. The highest BCUT2D eigenvalue weighted by molar-refractivity contribution is 6.08. The lowest BCUT2D eigenvalue weighted by atomic mass is 9.88. The van der Waals surface area contributed by atoms with Gasteiger partial charge in [-0.05, 0) is 73.9 Å². The molecule has 3 aliphatic heterocycles. The molecular weight excluding hydrogens is 613 g/mol. The number of nitrogens with zero attached hydrogens (tertiary/aromatic N) is 7. The van der Waals surface area contributed by atoms with Gasteiger partial charge in [-0.25, -0.2) is 4.39 Å². The number of halogens is 1. The van der Waals surface area contributed by atoms with Crippen molar-refractivity contribution in [2.45, 2.75) is 51.6 Å². The lowest BCUT2D eigenvalue weighted by Gasteiger charge is -2.29. The Labute approximate surface area is 276 Å². The summed E-state index contributed by atoms with van der Waals surface area (Å²) in [6.07, 6.45) is 5.39. The van der Waals surface area contributed by atoms with Gasteiger partial charge in [-0.1, -0.05) is 12.1 Å². The summed E-state index contributed by atoms with van der Waals surface area (Å²) in [7, 11) is 0. The normalized spacial score (nSPS) is 18.6. The Morgan fingerprint density at radius 3 is 2.69 bits per heavy atom. The highest BCUT2D eigenvalue weighted by Gasteiger charge is 2.44.